The molecule has 23 heavy (non-hydrogen) atoms. The normalized spacial score (nSPS) is 17.9. The number of fused-ring (bicyclic) bond motifs is 3. The molecule has 0 saturated carbocycles. The molecule has 3 rings (SSSR count). The second-order valence-electron chi connectivity index (χ2n) is 5.18. The molecule has 2 heterocycles. The Hall–Kier alpha value is -1.86. The Labute approximate surface area is 132 Å². The van der Waals surface area contributed by atoms with Crippen LogP contribution in [0.4, 0.5) is 17.6 Å². The van der Waals surface area contributed by atoms with Gasteiger partial charge in [-0.1, -0.05) is 17.7 Å². The SMILES string of the molecule is O=c1cc2c(c[nH]1)COC(C(F)(F)F)Cc1ccc(Cl)c(F)c1-2. The van der Waals surface area contributed by atoms with Crippen LogP contribution in [-0.4, -0.2) is 17.3 Å². The van der Waals surface area contributed by atoms with E-state index in [0.717, 1.165) is 6.07 Å². The molecule has 0 saturated heterocycles. The van der Waals surface area contributed by atoms with Crippen molar-refractivity contribution in [1.29, 1.82) is 0 Å². The number of H-pyrrole nitrogens is 1. The summed E-state index contributed by atoms with van der Waals surface area (Å²) in [6.07, 6.45) is -5.99. The average Bonchev–Trinajstić information content (AvgIpc) is 2.44. The first-order chi connectivity index (χ1) is 10.8. The largest absolute Gasteiger partial charge is 0.414 e. The lowest BCUT2D eigenvalue weighted by Crippen LogP contribution is -2.34. The van der Waals surface area contributed by atoms with E-state index >= 15 is 0 Å². The summed E-state index contributed by atoms with van der Waals surface area (Å²) in [6.45, 7) is -0.401. The molecule has 0 radical (unpaired) electrons. The van der Waals surface area contributed by atoms with Gasteiger partial charge in [-0.25, -0.2) is 4.39 Å². The number of halogens is 5. The summed E-state index contributed by atoms with van der Waals surface area (Å²) in [5.41, 5.74) is -0.0655. The van der Waals surface area contributed by atoms with E-state index in [1.165, 1.54) is 18.3 Å². The highest BCUT2D eigenvalue weighted by molar-refractivity contribution is 6.31. The molecular weight excluding hydrogens is 338 g/mol. The maximum atomic E-state index is 14.5. The smallest absolute Gasteiger partial charge is 0.364 e. The van der Waals surface area contributed by atoms with Gasteiger partial charge in [0.2, 0.25) is 5.56 Å². The molecule has 3 nitrogen and oxygen atoms in total. The first-order valence-electron chi connectivity index (χ1n) is 6.64. The molecule has 8 heteroatoms. The Bertz CT molecular complexity index is 816. The van der Waals surface area contributed by atoms with Crippen LogP contribution in [0.15, 0.2) is 29.2 Å². The van der Waals surface area contributed by atoms with Crippen molar-refractivity contribution >= 4 is 11.6 Å². The number of aromatic amines is 1. The molecule has 1 aliphatic rings. The van der Waals surface area contributed by atoms with Crippen LogP contribution in [0.5, 0.6) is 0 Å². The number of hydrogen-bond donors (Lipinski definition) is 1. The van der Waals surface area contributed by atoms with Crippen molar-refractivity contribution in [3.8, 4) is 11.1 Å². The predicted molar refractivity (Wildman–Crippen MR) is 75.8 cm³/mol. The molecule has 1 atom stereocenters. The van der Waals surface area contributed by atoms with Gasteiger partial charge in [-0.3, -0.25) is 4.79 Å². The van der Waals surface area contributed by atoms with Crippen LogP contribution in [0.25, 0.3) is 11.1 Å². The van der Waals surface area contributed by atoms with E-state index < -0.39 is 36.7 Å². The van der Waals surface area contributed by atoms with Gasteiger partial charge in [0.25, 0.3) is 0 Å². The third kappa shape index (κ3) is 2.98. The molecule has 1 aliphatic heterocycles. The van der Waals surface area contributed by atoms with Crippen LogP contribution >= 0.6 is 11.6 Å². The zero-order chi connectivity index (χ0) is 16.8. The molecule has 0 fully saturated rings. The number of hydrogen-bond acceptors (Lipinski definition) is 2. The lowest BCUT2D eigenvalue weighted by molar-refractivity contribution is -0.223. The zero-order valence-electron chi connectivity index (χ0n) is 11.5. The zero-order valence-corrected chi connectivity index (χ0v) is 12.3. The number of pyridine rings is 1. The second kappa shape index (κ2) is 5.65. The molecule has 0 spiro atoms. The van der Waals surface area contributed by atoms with E-state index in [9.17, 15) is 22.4 Å². The summed E-state index contributed by atoms with van der Waals surface area (Å²) in [5, 5.41) is -0.222. The van der Waals surface area contributed by atoms with E-state index in [1.54, 1.807) is 0 Å². The van der Waals surface area contributed by atoms with Crippen molar-refractivity contribution in [3.05, 3.63) is 56.7 Å². The highest BCUT2D eigenvalue weighted by atomic mass is 35.5. The number of rotatable bonds is 0. The standard InChI is InChI=1S/C15H10ClF4NO2/c16-10-2-1-7-3-11(15(18,19)20)23-6-8-5-21-12(22)4-9(8)13(7)14(10)17/h1-2,4-5,11H,3,6H2,(H,21,22). The quantitative estimate of drug-likeness (QED) is 0.736. The Morgan fingerprint density at radius 2 is 2.00 bits per heavy atom. The monoisotopic (exact) mass is 347 g/mol. The number of nitrogens with one attached hydrogen (secondary N) is 1. The topological polar surface area (TPSA) is 42.1 Å². The van der Waals surface area contributed by atoms with Gasteiger partial charge in [0.1, 0.15) is 5.82 Å². The predicted octanol–water partition coefficient (Wildman–Crippen LogP) is 3.84. The molecule has 1 unspecified atom stereocenters. The number of aromatic nitrogens is 1. The van der Waals surface area contributed by atoms with E-state index in [2.05, 4.69) is 4.98 Å². The minimum absolute atomic E-state index is 0.0841. The molecule has 122 valence electrons. The fourth-order valence-electron chi connectivity index (χ4n) is 2.56. The van der Waals surface area contributed by atoms with Crippen molar-refractivity contribution < 1.29 is 22.3 Å². The van der Waals surface area contributed by atoms with Gasteiger partial charge < -0.3 is 9.72 Å². The fraction of sp³-hybridized carbons (Fsp3) is 0.267. The molecule has 2 aromatic rings. The molecule has 0 aliphatic carbocycles. The van der Waals surface area contributed by atoms with E-state index in [4.69, 9.17) is 16.3 Å². The molecule has 1 N–H and O–H groups in total. The summed E-state index contributed by atoms with van der Waals surface area (Å²) in [6, 6.07) is 3.64. The van der Waals surface area contributed by atoms with Gasteiger partial charge in [-0.05, 0) is 17.2 Å². The lowest BCUT2D eigenvalue weighted by atomic mass is 9.92. The Morgan fingerprint density at radius 1 is 1.26 bits per heavy atom. The van der Waals surface area contributed by atoms with Crippen LogP contribution in [-0.2, 0) is 17.8 Å². The van der Waals surface area contributed by atoms with Crippen LogP contribution in [0.3, 0.4) is 0 Å². The van der Waals surface area contributed by atoms with Gasteiger partial charge in [-0.2, -0.15) is 13.2 Å². The average molecular weight is 348 g/mol. The molecule has 1 aromatic heterocycles. The molecule has 1 aromatic carbocycles. The van der Waals surface area contributed by atoms with Gasteiger partial charge in [0, 0.05) is 29.8 Å². The maximum Gasteiger partial charge on any atom is 0.414 e. The van der Waals surface area contributed by atoms with Crippen molar-refractivity contribution in [3.63, 3.8) is 0 Å². The van der Waals surface area contributed by atoms with Crippen molar-refractivity contribution in [2.24, 2.45) is 0 Å². The van der Waals surface area contributed by atoms with Gasteiger partial charge in [0.15, 0.2) is 6.10 Å². The van der Waals surface area contributed by atoms with Gasteiger partial charge in [-0.15, -0.1) is 0 Å². The highest BCUT2D eigenvalue weighted by Gasteiger charge is 2.42. The summed E-state index contributed by atoms with van der Waals surface area (Å²) in [7, 11) is 0. The van der Waals surface area contributed by atoms with E-state index in [0.29, 0.717) is 0 Å². The second-order valence-corrected chi connectivity index (χ2v) is 5.58. The molecule has 0 amide bonds. The van der Waals surface area contributed by atoms with Gasteiger partial charge in [0.05, 0.1) is 11.6 Å². The molecular formula is C15H10ClF4NO2. The highest BCUT2D eigenvalue weighted by Crippen LogP contribution is 2.38. The van der Waals surface area contributed by atoms with Crippen LogP contribution in [0.1, 0.15) is 11.1 Å². The van der Waals surface area contributed by atoms with Gasteiger partial charge >= 0.3 is 6.18 Å². The third-order valence-corrected chi connectivity index (χ3v) is 3.96. The third-order valence-electron chi connectivity index (χ3n) is 3.67. The van der Waals surface area contributed by atoms with Crippen molar-refractivity contribution in [2.75, 3.05) is 0 Å². The van der Waals surface area contributed by atoms with Crippen LogP contribution in [0, 0.1) is 5.82 Å². The Morgan fingerprint density at radius 3 is 2.70 bits per heavy atom. The number of alkyl halides is 3. The van der Waals surface area contributed by atoms with E-state index in [-0.39, 0.29) is 27.3 Å². The first-order valence-corrected chi connectivity index (χ1v) is 7.02. The summed E-state index contributed by atoms with van der Waals surface area (Å²) in [4.78, 5) is 13.9. The molecule has 0 bridgehead atoms. The van der Waals surface area contributed by atoms with E-state index in [1.807, 2.05) is 0 Å². The summed E-state index contributed by atoms with van der Waals surface area (Å²) >= 11 is 5.76. The van der Waals surface area contributed by atoms with Crippen molar-refractivity contribution in [1.82, 2.24) is 4.98 Å². The fourth-order valence-corrected chi connectivity index (χ4v) is 2.72. The summed E-state index contributed by atoms with van der Waals surface area (Å²) < 4.78 is 58.6. The Kier molecular flexibility index (Phi) is 3.93. The Balaban J connectivity index is 2.26. The van der Waals surface area contributed by atoms with Crippen LogP contribution < -0.4 is 5.56 Å². The minimum atomic E-state index is -4.59. The summed E-state index contributed by atoms with van der Waals surface area (Å²) in [5.74, 6) is -0.848. The van der Waals surface area contributed by atoms with Crippen LogP contribution in [0.2, 0.25) is 5.02 Å². The first kappa shape index (κ1) is 16.0. The van der Waals surface area contributed by atoms with Crippen molar-refractivity contribution in [2.45, 2.75) is 25.3 Å². The maximum absolute atomic E-state index is 14.5. The minimum Gasteiger partial charge on any atom is -0.364 e. The lowest BCUT2D eigenvalue weighted by Gasteiger charge is -2.26. The number of ether oxygens (including phenoxy) is 1. The number of benzene rings is 1.